The number of aromatic nitrogens is 1. The Bertz CT molecular complexity index is 476. The Balaban J connectivity index is 2.05. The van der Waals surface area contributed by atoms with Crippen LogP contribution < -0.4 is 5.32 Å². The molecule has 1 saturated carbocycles. The Hall–Kier alpha value is -1.65. The quantitative estimate of drug-likeness (QED) is 0.669. The third kappa shape index (κ3) is 3.22. The lowest BCUT2D eigenvalue weighted by atomic mass is 9.79. The van der Waals surface area contributed by atoms with Gasteiger partial charge < -0.3 is 5.32 Å². The minimum atomic E-state index is -0.409. The summed E-state index contributed by atoms with van der Waals surface area (Å²) in [5, 5.41) is 14.1. The largest absolute Gasteiger partial charge is 0.367 e. The van der Waals surface area contributed by atoms with Gasteiger partial charge in [-0.1, -0.05) is 13.8 Å². The van der Waals surface area contributed by atoms with Crippen LogP contribution in [0.3, 0.4) is 0 Å². The molecule has 1 fully saturated rings. The van der Waals surface area contributed by atoms with Gasteiger partial charge in [0.1, 0.15) is 12.0 Å². The number of aryl methyl sites for hydroxylation is 1. The first kappa shape index (κ1) is 13.8. The highest BCUT2D eigenvalue weighted by atomic mass is 16.6. The maximum atomic E-state index is 10.7. The fourth-order valence-electron chi connectivity index (χ4n) is 2.68. The average Bonchev–Trinajstić information content (AvgIpc) is 2.36. The first-order valence-corrected chi connectivity index (χ1v) is 6.85. The van der Waals surface area contributed by atoms with Crippen LogP contribution in [-0.2, 0) is 0 Å². The van der Waals surface area contributed by atoms with Gasteiger partial charge in [-0.25, -0.2) is 4.98 Å². The fraction of sp³-hybridized carbons (Fsp3) is 0.643. The third-order valence-electron chi connectivity index (χ3n) is 4.21. The monoisotopic (exact) mass is 263 g/mol. The Morgan fingerprint density at radius 3 is 2.68 bits per heavy atom. The van der Waals surface area contributed by atoms with E-state index < -0.39 is 4.92 Å². The van der Waals surface area contributed by atoms with E-state index in [0.29, 0.717) is 12.0 Å². The van der Waals surface area contributed by atoms with Gasteiger partial charge >= 0.3 is 0 Å². The lowest BCUT2D eigenvalue weighted by molar-refractivity contribution is -0.385. The first-order valence-electron chi connectivity index (χ1n) is 6.85. The van der Waals surface area contributed by atoms with E-state index in [1.54, 1.807) is 6.07 Å². The van der Waals surface area contributed by atoms with Crippen molar-refractivity contribution in [3.8, 4) is 0 Å². The molecule has 1 aromatic heterocycles. The fourth-order valence-corrected chi connectivity index (χ4v) is 2.68. The summed E-state index contributed by atoms with van der Waals surface area (Å²) in [6.45, 7) is 6.45. The highest BCUT2D eigenvalue weighted by molar-refractivity contribution is 5.48. The maximum absolute atomic E-state index is 10.7. The van der Waals surface area contributed by atoms with Crippen molar-refractivity contribution in [3.63, 3.8) is 0 Å². The predicted octanol–water partition coefficient (Wildman–Crippen LogP) is 3.53. The van der Waals surface area contributed by atoms with Crippen LogP contribution in [0.5, 0.6) is 0 Å². The van der Waals surface area contributed by atoms with Gasteiger partial charge in [-0.3, -0.25) is 10.1 Å². The predicted molar refractivity (Wildman–Crippen MR) is 75.2 cm³/mol. The molecule has 5 nitrogen and oxygen atoms in total. The SMILES string of the molecule is Cc1cc([N+](=O)[O-])cnc1NC1CCC(C)C(C)C1. The zero-order valence-corrected chi connectivity index (χ0v) is 11.7. The van der Waals surface area contributed by atoms with Crippen molar-refractivity contribution >= 4 is 11.5 Å². The zero-order valence-electron chi connectivity index (χ0n) is 11.7. The lowest BCUT2D eigenvalue weighted by Crippen LogP contribution is -2.30. The maximum Gasteiger partial charge on any atom is 0.287 e. The number of nitro groups is 1. The molecule has 5 heteroatoms. The lowest BCUT2D eigenvalue weighted by Gasteiger charge is -2.33. The summed E-state index contributed by atoms with van der Waals surface area (Å²) < 4.78 is 0. The Morgan fingerprint density at radius 2 is 2.11 bits per heavy atom. The molecule has 0 radical (unpaired) electrons. The second-order valence-corrected chi connectivity index (χ2v) is 5.73. The van der Waals surface area contributed by atoms with Crippen LogP contribution in [0.1, 0.15) is 38.7 Å². The van der Waals surface area contributed by atoms with Gasteiger partial charge in [0, 0.05) is 12.1 Å². The van der Waals surface area contributed by atoms with Crippen molar-refractivity contribution < 1.29 is 4.92 Å². The van der Waals surface area contributed by atoms with Crippen molar-refractivity contribution in [2.24, 2.45) is 11.8 Å². The topological polar surface area (TPSA) is 68.1 Å². The van der Waals surface area contributed by atoms with Crippen LogP contribution in [-0.4, -0.2) is 15.9 Å². The van der Waals surface area contributed by atoms with Crippen LogP contribution in [0.2, 0.25) is 0 Å². The Kier molecular flexibility index (Phi) is 4.02. The van der Waals surface area contributed by atoms with E-state index >= 15 is 0 Å². The number of rotatable bonds is 3. The summed E-state index contributed by atoms with van der Waals surface area (Å²) >= 11 is 0. The van der Waals surface area contributed by atoms with Gasteiger partial charge in [0.15, 0.2) is 0 Å². The molecule has 0 bridgehead atoms. The highest BCUT2D eigenvalue weighted by Gasteiger charge is 2.25. The second-order valence-electron chi connectivity index (χ2n) is 5.73. The summed E-state index contributed by atoms with van der Waals surface area (Å²) in [6.07, 6.45) is 4.83. The molecule has 0 spiro atoms. The van der Waals surface area contributed by atoms with Crippen molar-refractivity contribution in [1.82, 2.24) is 4.98 Å². The molecule has 0 aromatic carbocycles. The summed E-state index contributed by atoms with van der Waals surface area (Å²) in [5.74, 6) is 2.27. The molecule has 0 amide bonds. The Labute approximate surface area is 113 Å². The van der Waals surface area contributed by atoms with E-state index in [4.69, 9.17) is 0 Å². The van der Waals surface area contributed by atoms with E-state index in [-0.39, 0.29) is 5.69 Å². The second kappa shape index (κ2) is 5.55. The molecule has 1 N–H and O–H groups in total. The smallest absolute Gasteiger partial charge is 0.287 e. The molecule has 0 aliphatic heterocycles. The summed E-state index contributed by atoms with van der Waals surface area (Å²) in [6, 6.07) is 2.00. The summed E-state index contributed by atoms with van der Waals surface area (Å²) in [5.41, 5.74) is 0.883. The van der Waals surface area contributed by atoms with Gasteiger partial charge in [-0.2, -0.15) is 0 Å². The average molecular weight is 263 g/mol. The van der Waals surface area contributed by atoms with E-state index in [1.165, 1.54) is 12.6 Å². The van der Waals surface area contributed by atoms with E-state index in [9.17, 15) is 10.1 Å². The van der Waals surface area contributed by atoms with Gasteiger partial charge in [0.2, 0.25) is 0 Å². The molecule has 104 valence electrons. The molecule has 1 aromatic rings. The number of pyridine rings is 1. The molecule has 1 heterocycles. The molecule has 1 aliphatic carbocycles. The van der Waals surface area contributed by atoms with Crippen molar-refractivity contribution in [2.45, 2.75) is 46.1 Å². The van der Waals surface area contributed by atoms with E-state index in [0.717, 1.165) is 30.1 Å². The van der Waals surface area contributed by atoms with Crippen molar-refractivity contribution in [3.05, 3.63) is 27.9 Å². The highest BCUT2D eigenvalue weighted by Crippen LogP contribution is 2.31. The van der Waals surface area contributed by atoms with Gasteiger partial charge in [0.05, 0.1) is 4.92 Å². The molecular weight excluding hydrogens is 242 g/mol. The van der Waals surface area contributed by atoms with Crippen LogP contribution in [0.4, 0.5) is 11.5 Å². The minimum absolute atomic E-state index is 0.0497. The summed E-state index contributed by atoms with van der Waals surface area (Å²) in [4.78, 5) is 14.5. The number of hydrogen-bond donors (Lipinski definition) is 1. The van der Waals surface area contributed by atoms with Crippen LogP contribution in [0.25, 0.3) is 0 Å². The van der Waals surface area contributed by atoms with E-state index in [1.807, 2.05) is 6.92 Å². The van der Waals surface area contributed by atoms with Gasteiger partial charge in [-0.15, -0.1) is 0 Å². The first-order chi connectivity index (χ1) is 8.97. The van der Waals surface area contributed by atoms with Crippen LogP contribution in [0, 0.1) is 28.9 Å². The normalized spacial score (nSPS) is 27.0. The standard InChI is InChI=1S/C14H21N3O2/c1-9-4-5-12(6-10(9)2)16-14-11(3)7-13(8-15-14)17(18)19/h7-10,12H,4-6H2,1-3H3,(H,15,16). The van der Waals surface area contributed by atoms with E-state index in [2.05, 4.69) is 24.1 Å². The summed E-state index contributed by atoms with van der Waals surface area (Å²) in [7, 11) is 0. The molecule has 3 unspecified atom stereocenters. The molecule has 2 rings (SSSR count). The third-order valence-corrected chi connectivity index (χ3v) is 4.21. The van der Waals surface area contributed by atoms with Crippen molar-refractivity contribution in [1.29, 1.82) is 0 Å². The zero-order chi connectivity index (χ0) is 14.0. The minimum Gasteiger partial charge on any atom is -0.367 e. The van der Waals surface area contributed by atoms with Crippen LogP contribution in [0.15, 0.2) is 12.3 Å². The van der Waals surface area contributed by atoms with Crippen molar-refractivity contribution in [2.75, 3.05) is 5.32 Å². The van der Waals surface area contributed by atoms with Gasteiger partial charge in [0.25, 0.3) is 5.69 Å². The molecule has 0 saturated heterocycles. The van der Waals surface area contributed by atoms with Gasteiger partial charge in [-0.05, 0) is 43.6 Å². The number of anilines is 1. The Morgan fingerprint density at radius 1 is 1.37 bits per heavy atom. The number of nitrogens with zero attached hydrogens (tertiary/aromatic N) is 2. The molecule has 1 aliphatic rings. The molecular formula is C14H21N3O2. The molecule has 3 atom stereocenters. The molecule has 19 heavy (non-hydrogen) atoms. The van der Waals surface area contributed by atoms with Crippen LogP contribution >= 0.6 is 0 Å². The number of nitrogens with one attached hydrogen (secondary N) is 1. The number of hydrogen-bond acceptors (Lipinski definition) is 4.